The van der Waals surface area contributed by atoms with E-state index in [0.29, 0.717) is 37.2 Å². The Morgan fingerprint density at radius 2 is 2.00 bits per heavy atom. The van der Waals surface area contributed by atoms with Crippen LogP contribution in [0.4, 0.5) is 0 Å². The third kappa shape index (κ3) is 7.41. The SMILES string of the molecule is NCCCC[C@H](N)C(=O)N1CCC[C@H]1C(=O)OC(CCCC(=O)c1cccs1)C(=O)O. The zero-order chi connectivity index (χ0) is 22.8. The van der Waals surface area contributed by atoms with E-state index in [9.17, 15) is 24.3 Å². The number of ketones is 1. The molecule has 5 N–H and O–H groups in total. The number of carbonyl (C=O) groups excluding carboxylic acids is 3. The Kier molecular flexibility index (Phi) is 10.1. The zero-order valence-corrected chi connectivity index (χ0v) is 18.4. The number of amides is 1. The minimum absolute atomic E-state index is 0.0253. The van der Waals surface area contributed by atoms with Gasteiger partial charge in [-0.05, 0) is 56.5 Å². The first-order valence-corrected chi connectivity index (χ1v) is 11.5. The number of carbonyl (C=O) groups is 4. The van der Waals surface area contributed by atoms with Crippen molar-refractivity contribution in [2.75, 3.05) is 13.1 Å². The molecular weight excluding hydrogens is 422 g/mol. The molecule has 0 aromatic carbocycles. The molecule has 3 atom stereocenters. The molecule has 172 valence electrons. The van der Waals surface area contributed by atoms with Gasteiger partial charge in [-0.2, -0.15) is 0 Å². The van der Waals surface area contributed by atoms with Crippen molar-refractivity contribution < 1.29 is 29.0 Å². The molecule has 0 radical (unpaired) electrons. The lowest BCUT2D eigenvalue weighted by molar-refractivity contribution is -0.169. The summed E-state index contributed by atoms with van der Waals surface area (Å²) < 4.78 is 5.23. The molecule has 31 heavy (non-hydrogen) atoms. The highest BCUT2D eigenvalue weighted by molar-refractivity contribution is 7.12. The first-order valence-electron chi connectivity index (χ1n) is 10.6. The van der Waals surface area contributed by atoms with Gasteiger partial charge in [0.05, 0.1) is 10.9 Å². The number of Topliss-reactive ketones (excluding diaryl/α,β-unsaturated/α-hetero) is 1. The summed E-state index contributed by atoms with van der Waals surface area (Å²) in [6.45, 7) is 0.908. The van der Waals surface area contributed by atoms with E-state index in [1.165, 1.54) is 16.2 Å². The van der Waals surface area contributed by atoms with Gasteiger partial charge in [-0.1, -0.05) is 12.5 Å². The van der Waals surface area contributed by atoms with Gasteiger partial charge in [0.15, 0.2) is 11.9 Å². The van der Waals surface area contributed by atoms with E-state index in [1.807, 2.05) is 0 Å². The summed E-state index contributed by atoms with van der Waals surface area (Å²) in [5.74, 6) is -2.41. The van der Waals surface area contributed by atoms with Crippen LogP contribution in [0, 0.1) is 0 Å². The van der Waals surface area contributed by atoms with Crippen molar-refractivity contribution in [1.29, 1.82) is 0 Å². The Morgan fingerprint density at radius 3 is 2.65 bits per heavy atom. The maximum atomic E-state index is 12.6. The van der Waals surface area contributed by atoms with Gasteiger partial charge in [0.25, 0.3) is 0 Å². The molecule has 0 saturated carbocycles. The van der Waals surface area contributed by atoms with Gasteiger partial charge < -0.3 is 26.2 Å². The number of rotatable bonds is 13. The second kappa shape index (κ2) is 12.5. The van der Waals surface area contributed by atoms with Crippen molar-refractivity contribution in [1.82, 2.24) is 4.90 Å². The molecule has 10 heteroatoms. The van der Waals surface area contributed by atoms with E-state index < -0.39 is 30.1 Å². The molecular formula is C21H31N3O6S. The largest absolute Gasteiger partial charge is 0.479 e. The first-order chi connectivity index (χ1) is 14.8. The number of unbranched alkanes of at least 4 members (excludes halogenated alkanes) is 1. The molecule has 1 fully saturated rings. The molecule has 1 aliphatic rings. The molecule has 0 aliphatic carbocycles. The van der Waals surface area contributed by atoms with E-state index in [-0.39, 0.29) is 31.0 Å². The molecule has 2 rings (SSSR count). The Balaban J connectivity index is 1.87. The number of thiophene rings is 1. The maximum absolute atomic E-state index is 12.6. The van der Waals surface area contributed by atoms with Crippen molar-refractivity contribution in [3.05, 3.63) is 22.4 Å². The number of nitrogens with zero attached hydrogens (tertiary/aromatic N) is 1. The van der Waals surface area contributed by atoms with Crippen LogP contribution in [0.3, 0.4) is 0 Å². The second-order valence-corrected chi connectivity index (χ2v) is 8.58. The Labute approximate surface area is 185 Å². The third-order valence-electron chi connectivity index (χ3n) is 5.29. The summed E-state index contributed by atoms with van der Waals surface area (Å²) in [5, 5.41) is 11.2. The van der Waals surface area contributed by atoms with Crippen LogP contribution in [0.15, 0.2) is 17.5 Å². The monoisotopic (exact) mass is 453 g/mol. The molecule has 1 unspecified atom stereocenters. The quantitative estimate of drug-likeness (QED) is 0.231. The van der Waals surface area contributed by atoms with Gasteiger partial charge in [0.1, 0.15) is 6.04 Å². The summed E-state index contributed by atoms with van der Waals surface area (Å²) in [5.41, 5.74) is 11.4. The molecule has 1 amide bonds. The van der Waals surface area contributed by atoms with Gasteiger partial charge >= 0.3 is 11.9 Å². The van der Waals surface area contributed by atoms with Gasteiger partial charge in [-0.15, -0.1) is 11.3 Å². The van der Waals surface area contributed by atoms with Crippen molar-refractivity contribution in [3.8, 4) is 0 Å². The first kappa shape index (κ1) is 25.0. The molecule has 9 nitrogen and oxygen atoms in total. The van der Waals surface area contributed by atoms with Crippen LogP contribution >= 0.6 is 11.3 Å². The van der Waals surface area contributed by atoms with E-state index in [1.54, 1.807) is 17.5 Å². The summed E-state index contributed by atoms with van der Waals surface area (Å²) in [6.07, 6.45) is 2.10. The van der Waals surface area contributed by atoms with Gasteiger partial charge in [0, 0.05) is 13.0 Å². The van der Waals surface area contributed by atoms with Gasteiger partial charge in [-0.25, -0.2) is 9.59 Å². The minimum Gasteiger partial charge on any atom is -0.479 e. The fourth-order valence-electron chi connectivity index (χ4n) is 3.58. The van der Waals surface area contributed by atoms with E-state index in [4.69, 9.17) is 16.2 Å². The van der Waals surface area contributed by atoms with E-state index in [0.717, 1.165) is 12.8 Å². The second-order valence-electron chi connectivity index (χ2n) is 7.64. The minimum atomic E-state index is -1.36. The van der Waals surface area contributed by atoms with Crippen LogP contribution in [-0.4, -0.2) is 64.9 Å². The average Bonchev–Trinajstić information content (AvgIpc) is 3.44. The molecule has 2 heterocycles. The number of esters is 1. The molecule has 1 aromatic heterocycles. The molecule has 1 aromatic rings. The number of hydrogen-bond acceptors (Lipinski definition) is 8. The standard InChI is InChI=1S/C21H31N3O6S/c22-11-2-1-6-14(23)19(26)24-12-4-7-15(24)21(29)30-17(20(27)28)9-3-8-16(25)18-10-5-13-31-18/h5,10,13-15,17H,1-4,6-9,11-12,22-23H2,(H,27,28)/t14-,15-,17?/m0/s1. The fourth-order valence-corrected chi connectivity index (χ4v) is 4.27. The fraction of sp³-hybridized carbons (Fsp3) is 0.619. The Morgan fingerprint density at radius 1 is 1.23 bits per heavy atom. The topological polar surface area (TPSA) is 153 Å². The predicted molar refractivity (Wildman–Crippen MR) is 116 cm³/mol. The molecule has 0 spiro atoms. The van der Waals surface area contributed by atoms with Crippen LogP contribution in [-0.2, 0) is 19.1 Å². The number of aliphatic carboxylic acids is 1. The van der Waals surface area contributed by atoms with Crippen molar-refractivity contribution in [2.24, 2.45) is 11.5 Å². The van der Waals surface area contributed by atoms with Crippen molar-refractivity contribution in [3.63, 3.8) is 0 Å². The maximum Gasteiger partial charge on any atom is 0.345 e. The van der Waals surface area contributed by atoms with Crippen LogP contribution < -0.4 is 11.5 Å². The highest BCUT2D eigenvalue weighted by Crippen LogP contribution is 2.22. The molecule has 0 bridgehead atoms. The molecule has 1 aliphatic heterocycles. The normalized spacial score (nSPS) is 17.9. The number of ether oxygens (including phenoxy) is 1. The Hall–Kier alpha value is -2.30. The number of likely N-dealkylation sites (tertiary alicyclic amines) is 1. The summed E-state index contributed by atoms with van der Waals surface area (Å²) in [4.78, 5) is 50.9. The lowest BCUT2D eigenvalue weighted by Gasteiger charge is -2.27. The summed E-state index contributed by atoms with van der Waals surface area (Å²) in [6, 6.07) is 1.94. The van der Waals surface area contributed by atoms with Gasteiger partial charge in [-0.3, -0.25) is 9.59 Å². The van der Waals surface area contributed by atoms with Gasteiger partial charge in [0.2, 0.25) is 5.91 Å². The van der Waals surface area contributed by atoms with Crippen LogP contribution in [0.1, 0.15) is 61.0 Å². The van der Waals surface area contributed by atoms with Crippen LogP contribution in [0.25, 0.3) is 0 Å². The smallest absolute Gasteiger partial charge is 0.345 e. The number of hydrogen-bond donors (Lipinski definition) is 3. The predicted octanol–water partition coefficient (Wildman–Crippen LogP) is 1.54. The van der Waals surface area contributed by atoms with Crippen LogP contribution in [0.2, 0.25) is 0 Å². The molecule has 1 saturated heterocycles. The Bertz CT molecular complexity index is 754. The van der Waals surface area contributed by atoms with E-state index in [2.05, 4.69) is 0 Å². The van der Waals surface area contributed by atoms with Crippen molar-refractivity contribution in [2.45, 2.75) is 69.6 Å². The third-order valence-corrected chi connectivity index (χ3v) is 6.21. The van der Waals surface area contributed by atoms with E-state index >= 15 is 0 Å². The van der Waals surface area contributed by atoms with Crippen LogP contribution in [0.5, 0.6) is 0 Å². The number of nitrogens with two attached hydrogens (primary N) is 2. The lowest BCUT2D eigenvalue weighted by atomic mass is 10.1. The summed E-state index contributed by atoms with van der Waals surface area (Å²) in [7, 11) is 0. The van der Waals surface area contributed by atoms with Crippen molar-refractivity contribution >= 4 is 35.0 Å². The highest BCUT2D eigenvalue weighted by atomic mass is 32.1. The summed E-state index contributed by atoms with van der Waals surface area (Å²) >= 11 is 1.33. The number of carboxylic acids is 1. The zero-order valence-electron chi connectivity index (χ0n) is 17.5. The highest BCUT2D eigenvalue weighted by Gasteiger charge is 2.38. The average molecular weight is 454 g/mol. The number of carboxylic acid groups (broad SMARTS) is 1. The lowest BCUT2D eigenvalue weighted by Crippen LogP contribution is -2.49.